The fourth-order valence-electron chi connectivity index (χ4n) is 7.80. The van der Waals surface area contributed by atoms with Crippen molar-refractivity contribution in [2.75, 3.05) is 13.7 Å². The van der Waals surface area contributed by atoms with Crippen molar-refractivity contribution in [2.24, 2.45) is 11.8 Å². The standard InChI is InChI=1S/C35H44N4O4/c1-6-42-34-30(21(2)17-29(37-34)35(40)41-5)28-20-39(32(24-13-9-7-10-14-24)25-15-11-8-12-16-25)33-27(28)18-26(19-36-33)31-22(3)38-43-23(31)4/h17-20,24-25,32H,6-16H2,1-5H3. The first kappa shape index (κ1) is 29.4. The number of aryl methyl sites for hydroxylation is 3. The predicted molar refractivity (Wildman–Crippen MR) is 167 cm³/mol. The molecule has 0 unspecified atom stereocenters. The molecule has 0 amide bonds. The molecular weight excluding hydrogens is 540 g/mol. The molecule has 4 aromatic rings. The molecule has 2 fully saturated rings. The summed E-state index contributed by atoms with van der Waals surface area (Å²) in [6, 6.07) is 4.42. The highest BCUT2D eigenvalue weighted by atomic mass is 16.5. The summed E-state index contributed by atoms with van der Waals surface area (Å²) in [7, 11) is 1.37. The zero-order chi connectivity index (χ0) is 30.1. The highest BCUT2D eigenvalue weighted by Crippen LogP contribution is 2.47. The van der Waals surface area contributed by atoms with E-state index in [4.69, 9.17) is 19.0 Å². The third kappa shape index (κ3) is 5.56. The van der Waals surface area contributed by atoms with E-state index in [0.29, 0.717) is 30.4 Å². The first-order chi connectivity index (χ1) is 20.9. The van der Waals surface area contributed by atoms with Gasteiger partial charge in [0.15, 0.2) is 5.69 Å². The minimum absolute atomic E-state index is 0.243. The number of nitrogens with zero attached hydrogens (tertiary/aromatic N) is 4. The van der Waals surface area contributed by atoms with E-state index in [1.165, 1.54) is 71.3 Å². The van der Waals surface area contributed by atoms with Gasteiger partial charge in [0.1, 0.15) is 11.4 Å². The minimum atomic E-state index is -0.477. The van der Waals surface area contributed by atoms with Crippen molar-refractivity contribution in [3.8, 4) is 28.1 Å². The fourth-order valence-corrected chi connectivity index (χ4v) is 7.80. The Hall–Kier alpha value is -3.68. The number of ether oxygens (including phenoxy) is 2. The van der Waals surface area contributed by atoms with Crippen molar-refractivity contribution in [1.82, 2.24) is 19.7 Å². The molecule has 228 valence electrons. The van der Waals surface area contributed by atoms with E-state index in [1.807, 2.05) is 33.9 Å². The number of fused-ring (bicyclic) bond motifs is 1. The molecule has 4 aromatic heterocycles. The second-order valence-electron chi connectivity index (χ2n) is 12.5. The summed E-state index contributed by atoms with van der Waals surface area (Å²) in [6.45, 7) is 8.30. The van der Waals surface area contributed by atoms with Gasteiger partial charge in [-0.2, -0.15) is 0 Å². The quantitative estimate of drug-likeness (QED) is 0.192. The zero-order valence-electron chi connectivity index (χ0n) is 26.2. The number of carbonyl (C=O) groups is 1. The van der Waals surface area contributed by atoms with Gasteiger partial charge in [0.2, 0.25) is 5.88 Å². The summed E-state index contributed by atoms with van der Waals surface area (Å²) < 4.78 is 19.2. The first-order valence-electron chi connectivity index (χ1n) is 16.1. The zero-order valence-corrected chi connectivity index (χ0v) is 26.2. The van der Waals surface area contributed by atoms with Gasteiger partial charge < -0.3 is 18.6 Å². The maximum atomic E-state index is 12.5. The van der Waals surface area contributed by atoms with Crippen LogP contribution in [0.3, 0.4) is 0 Å². The van der Waals surface area contributed by atoms with Crippen LogP contribution in [0.4, 0.5) is 0 Å². The molecule has 43 heavy (non-hydrogen) atoms. The van der Waals surface area contributed by atoms with E-state index in [-0.39, 0.29) is 5.69 Å². The molecule has 0 radical (unpaired) electrons. The number of esters is 1. The highest BCUT2D eigenvalue weighted by molar-refractivity contribution is 5.99. The summed E-state index contributed by atoms with van der Waals surface area (Å²) in [6.07, 6.45) is 17.2. The van der Waals surface area contributed by atoms with Crippen LogP contribution in [0.15, 0.2) is 29.0 Å². The molecule has 6 rings (SSSR count). The van der Waals surface area contributed by atoms with E-state index in [9.17, 15) is 4.79 Å². The average Bonchev–Trinajstić information content (AvgIpc) is 3.56. The molecule has 0 saturated heterocycles. The lowest BCUT2D eigenvalue weighted by molar-refractivity contribution is 0.0592. The molecule has 8 heteroatoms. The van der Waals surface area contributed by atoms with Crippen molar-refractivity contribution in [3.05, 3.63) is 47.2 Å². The number of aromatic nitrogens is 4. The Kier molecular flexibility index (Phi) is 8.55. The topological polar surface area (TPSA) is 92.3 Å². The highest BCUT2D eigenvalue weighted by Gasteiger charge is 2.35. The van der Waals surface area contributed by atoms with Gasteiger partial charge in [-0.25, -0.2) is 14.8 Å². The predicted octanol–water partition coefficient (Wildman–Crippen LogP) is 8.57. The van der Waals surface area contributed by atoms with Crippen LogP contribution in [0.25, 0.3) is 33.3 Å². The second-order valence-corrected chi connectivity index (χ2v) is 12.5. The summed E-state index contributed by atoms with van der Waals surface area (Å²) >= 11 is 0. The molecule has 4 heterocycles. The molecule has 0 atom stereocenters. The third-order valence-corrected chi connectivity index (χ3v) is 9.71. The molecular formula is C35H44N4O4. The van der Waals surface area contributed by atoms with Crippen LogP contribution < -0.4 is 4.74 Å². The SMILES string of the molecule is CCOc1nc(C(=O)OC)cc(C)c1-c1cn(C(C2CCCCC2)C2CCCCC2)c2ncc(-c3c(C)noc3C)cc12. The maximum Gasteiger partial charge on any atom is 0.356 e. The van der Waals surface area contributed by atoms with Crippen molar-refractivity contribution < 1.29 is 18.8 Å². The minimum Gasteiger partial charge on any atom is -0.477 e. The number of methoxy groups -OCH3 is 1. The number of rotatable bonds is 8. The Balaban J connectivity index is 1.61. The Labute approximate surface area is 254 Å². The van der Waals surface area contributed by atoms with Gasteiger partial charge in [0, 0.05) is 46.1 Å². The summed E-state index contributed by atoms with van der Waals surface area (Å²) in [5, 5.41) is 5.26. The van der Waals surface area contributed by atoms with Crippen LogP contribution in [-0.4, -0.2) is 39.4 Å². The second kappa shape index (κ2) is 12.5. The van der Waals surface area contributed by atoms with Crippen molar-refractivity contribution in [2.45, 2.75) is 97.9 Å². The van der Waals surface area contributed by atoms with E-state index < -0.39 is 5.97 Å². The van der Waals surface area contributed by atoms with Crippen molar-refractivity contribution in [3.63, 3.8) is 0 Å². The number of pyridine rings is 2. The molecule has 2 saturated carbocycles. The molecule has 8 nitrogen and oxygen atoms in total. The van der Waals surface area contributed by atoms with Crippen molar-refractivity contribution >= 4 is 17.0 Å². The van der Waals surface area contributed by atoms with E-state index in [2.05, 4.69) is 27.0 Å². The molecule has 2 aliphatic rings. The Bertz CT molecular complexity index is 1570. The smallest absolute Gasteiger partial charge is 0.356 e. The fraction of sp³-hybridized carbons (Fsp3) is 0.543. The molecule has 0 bridgehead atoms. The monoisotopic (exact) mass is 584 g/mol. The number of carbonyl (C=O) groups excluding carboxylic acids is 1. The average molecular weight is 585 g/mol. The largest absolute Gasteiger partial charge is 0.477 e. The van der Waals surface area contributed by atoms with Gasteiger partial charge in [0.25, 0.3) is 0 Å². The molecule has 0 aromatic carbocycles. The van der Waals surface area contributed by atoms with E-state index >= 15 is 0 Å². The molecule has 0 N–H and O–H groups in total. The van der Waals surface area contributed by atoms with Gasteiger partial charge in [-0.3, -0.25) is 0 Å². The van der Waals surface area contributed by atoms with E-state index in [0.717, 1.165) is 50.3 Å². The summed E-state index contributed by atoms with van der Waals surface area (Å²) in [4.78, 5) is 22.4. The van der Waals surface area contributed by atoms with Crippen LogP contribution in [-0.2, 0) is 4.74 Å². The Morgan fingerprint density at radius 2 is 1.67 bits per heavy atom. The number of hydrogen-bond acceptors (Lipinski definition) is 7. The molecule has 0 aliphatic heterocycles. The lowest BCUT2D eigenvalue weighted by Gasteiger charge is -2.39. The Morgan fingerprint density at radius 1 is 1.00 bits per heavy atom. The van der Waals surface area contributed by atoms with Gasteiger partial charge >= 0.3 is 5.97 Å². The van der Waals surface area contributed by atoms with Gasteiger partial charge in [-0.1, -0.05) is 43.7 Å². The van der Waals surface area contributed by atoms with Crippen molar-refractivity contribution in [1.29, 1.82) is 0 Å². The maximum absolute atomic E-state index is 12.5. The van der Waals surface area contributed by atoms with Crippen LogP contribution >= 0.6 is 0 Å². The molecule has 0 spiro atoms. The summed E-state index contributed by atoms with van der Waals surface area (Å²) in [5.41, 5.74) is 6.86. The normalized spacial score (nSPS) is 16.7. The van der Waals surface area contributed by atoms with Gasteiger partial charge in [-0.05, 0) is 82.9 Å². The molecule has 2 aliphatic carbocycles. The van der Waals surface area contributed by atoms with Crippen LogP contribution in [0.2, 0.25) is 0 Å². The van der Waals surface area contributed by atoms with Gasteiger partial charge in [0.05, 0.1) is 19.4 Å². The van der Waals surface area contributed by atoms with Gasteiger partial charge in [-0.15, -0.1) is 0 Å². The lowest BCUT2D eigenvalue weighted by atomic mass is 9.73. The lowest BCUT2D eigenvalue weighted by Crippen LogP contribution is -2.30. The third-order valence-electron chi connectivity index (χ3n) is 9.71. The van der Waals surface area contributed by atoms with Crippen LogP contribution in [0.5, 0.6) is 5.88 Å². The first-order valence-corrected chi connectivity index (χ1v) is 16.1. The Morgan fingerprint density at radius 3 is 2.26 bits per heavy atom. The van der Waals surface area contributed by atoms with E-state index in [1.54, 1.807) is 6.07 Å². The summed E-state index contributed by atoms with van der Waals surface area (Å²) in [5.74, 6) is 2.01. The van der Waals surface area contributed by atoms with Crippen LogP contribution in [0.1, 0.15) is 105 Å². The van der Waals surface area contributed by atoms with Crippen LogP contribution in [0, 0.1) is 32.6 Å². The number of hydrogen-bond donors (Lipinski definition) is 0.